The number of hydrogen-bond donors (Lipinski definition) is 0. The topological polar surface area (TPSA) is 25.8 Å². The molecule has 0 saturated carbocycles. The summed E-state index contributed by atoms with van der Waals surface area (Å²) in [7, 11) is 0. The SMILES string of the molecule is Cc1cc(-c2ccccc2)ccc1-c1nnc(-c2ccc(-c3ccccc3)cc2C)s1. The molecule has 0 aliphatic carbocycles. The molecule has 0 saturated heterocycles. The highest BCUT2D eigenvalue weighted by Crippen LogP contribution is 2.35. The molecule has 0 radical (unpaired) electrons. The molecule has 0 spiro atoms. The van der Waals surface area contributed by atoms with E-state index in [0.717, 1.165) is 21.1 Å². The van der Waals surface area contributed by atoms with E-state index >= 15 is 0 Å². The summed E-state index contributed by atoms with van der Waals surface area (Å²) in [5.41, 5.74) is 9.59. The highest BCUT2D eigenvalue weighted by molar-refractivity contribution is 7.18. The molecule has 3 heteroatoms. The maximum atomic E-state index is 4.52. The normalized spacial score (nSPS) is 10.9. The predicted octanol–water partition coefficient (Wildman–Crippen LogP) is 7.82. The van der Waals surface area contributed by atoms with Crippen molar-refractivity contribution < 1.29 is 0 Å². The molecule has 150 valence electrons. The average Bonchev–Trinajstić information content (AvgIpc) is 3.29. The van der Waals surface area contributed by atoms with E-state index < -0.39 is 0 Å². The molecule has 1 heterocycles. The Morgan fingerprint density at radius 2 is 0.903 bits per heavy atom. The molecule has 1 aromatic heterocycles. The number of hydrogen-bond acceptors (Lipinski definition) is 3. The minimum absolute atomic E-state index is 0.957. The Balaban J connectivity index is 1.45. The second-order valence-electron chi connectivity index (χ2n) is 7.70. The molecule has 0 fully saturated rings. The molecular weight excluding hydrogens is 396 g/mol. The van der Waals surface area contributed by atoms with Gasteiger partial charge in [0.1, 0.15) is 10.0 Å². The van der Waals surface area contributed by atoms with Crippen LogP contribution >= 0.6 is 11.3 Å². The third-order valence-corrected chi connectivity index (χ3v) is 6.54. The molecule has 0 aliphatic heterocycles. The van der Waals surface area contributed by atoms with E-state index in [-0.39, 0.29) is 0 Å². The molecule has 31 heavy (non-hydrogen) atoms. The zero-order valence-electron chi connectivity index (χ0n) is 17.5. The molecule has 0 bridgehead atoms. The second-order valence-corrected chi connectivity index (χ2v) is 8.68. The minimum Gasteiger partial charge on any atom is -0.138 e. The van der Waals surface area contributed by atoms with Crippen LogP contribution in [0.5, 0.6) is 0 Å². The lowest BCUT2D eigenvalue weighted by atomic mass is 10.0. The van der Waals surface area contributed by atoms with Gasteiger partial charge in [-0.25, -0.2) is 0 Å². The lowest BCUT2D eigenvalue weighted by Crippen LogP contribution is -1.85. The number of aryl methyl sites for hydroxylation is 2. The van der Waals surface area contributed by atoms with E-state index in [1.54, 1.807) is 11.3 Å². The van der Waals surface area contributed by atoms with Gasteiger partial charge in [-0.1, -0.05) is 108 Å². The van der Waals surface area contributed by atoms with Gasteiger partial charge in [0.25, 0.3) is 0 Å². The number of rotatable bonds is 4. The molecule has 5 aromatic rings. The van der Waals surface area contributed by atoms with Crippen molar-refractivity contribution in [1.82, 2.24) is 10.2 Å². The lowest BCUT2D eigenvalue weighted by Gasteiger charge is -2.07. The van der Waals surface area contributed by atoms with Crippen molar-refractivity contribution in [2.45, 2.75) is 13.8 Å². The molecular formula is C28H22N2S. The summed E-state index contributed by atoms with van der Waals surface area (Å²) in [6.07, 6.45) is 0. The number of benzene rings is 4. The van der Waals surface area contributed by atoms with Crippen molar-refractivity contribution in [2.24, 2.45) is 0 Å². The van der Waals surface area contributed by atoms with Gasteiger partial charge in [-0.3, -0.25) is 0 Å². The Hall–Kier alpha value is -3.56. The fourth-order valence-electron chi connectivity index (χ4n) is 3.87. The van der Waals surface area contributed by atoms with Gasteiger partial charge in [-0.15, -0.1) is 10.2 Å². The standard InChI is InChI=1S/C28H22N2S/c1-19-17-23(21-9-5-3-6-10-21)13-15-25(19)27-29-30-28(31-27)26-16-14-24(18-20(26)2)22-11-7-4-8-12-22/h3-18H,1-2H3. The molecule has 0 amide bonds. The first-order valence-corrected chi connectivity index (χ1v) is 11.2. The van der Waals surface area contributed by atoms with Crippen LogP contribution < -0.4 is 0 Å². The van der Waals surface area contributed by atoms with Crippen LogP contribution in [0.1, 0.15) is 11.1 Å². The zero-order valence-corrected chi connectivity index (χ0v) is 18.4. The Labute approximate surface area is 186 Å². The Morgan fingerprint density at radius 1 is 0.484 bits per heavy atom. The van der Waals surface area contributed by atoms with E-state index in [4.69, 9.17) is 0 Å². The largest absolute Gasteiger partial charge is 0.148 e. The maximum Gasteiger partial charge on any atom is 0.148 e. The Kier molecular flexibility index (Phi) is 5.19. The van der Waals surface area contributed by atoms with Crippen molar-refractivity contribution in [1.29, 1.82) is 0 Å². The lowest BCUT2D eigenvalue weighted by molar-refractivity contribution is 1.10. The van der Waals surface area contributed by atoms with Crippen LogP contribution in [0, 0.1) is 13.8 Å². The quantitative estimate of drug-likeness (QED) is 0.297. The summed E-state index contributed by atoms with van der Waals surface area (Å²) in [6, 6.07) is 34.0. The van der Waals surface area contributed by atoms with Crippen molar-refractivity contribution in [3.8, 4) is 43.4 Å². The first-order valence-electron chi connectivity index (χ1n) is 10.4. The summed E-state index contributed by atoms with van der Waals surface area (Å²) in [6.45, 7) is 4.28. The van der Waals surface area contributed by atoms with Crippen molar-refractivity contribution in [2.75, 3.05) is 0 Å². The van der Waals surface area contributed by atoms with Gasteiger partial charge in [0.05, 0.1) is 0 Å². The predicted molar refractivity (Wildman–Crippen MR) is 131 cm³/mol. The van der Waals surface area contributed by atoms with Crippen molar-refractivity contribution in [3.05, 3.63) is 108 Å². The smallest absolute Gasteiger partial charge is 0.138 e. The Bertz CT molecular complexity index is 1230. The molecule has 0 N–H and O–H groups in total. The molecule has 2 nitrogen and oxygen atoms in total. The van der Waals surface area contributed by atoms with Crippen LogP contribution in [0.25, 0.3) is 43.4 Å². The highest BCUT2D eigenvalue weighted by Gasteiger charge is 2.13. The summed E-state index contributed by atoms with van der Waals surface area (Å²) < 4.78 is 0. The van der Waals surface area contributed by atoms with Crippen molar-refractivity contribution in [3.63, 3.8) is 0 Å². The first-order chi connectivity index (χ1) is 15.2. The summed E-state index contributed by atoms with van der Waals surface area (Å²) >= 11 is 1.65. The Morgan fingerprint density at radius 3 is 1.29 bits per heavy atom. The van der Waals surface area contributed by atoms with E-state index in [1.165, 1.54) is 33.4 Å². The van der Waals surface area contributed by atoms with Crippen molar-refractivity contribution >= 4 is 11.3 Å². The third-order valence-electron chi connectivity index (χ3n) is 5.55. The van der Waals surface area contributed by atoms with Crippen LogP contribution in [-0.4, -0.2) is 10.2 Å². The fraction of sp³-hybridized carbons (Fsp3) is 0.0714. The minimum atomic E-state index is 0.957. The monoisotopic (exact) mass is 418 g/mol. The molecule has 4 aromatic carbocycles. The molecule has 0 atom stereocenters. The van der Waals surface area contributed by atoms with Gasteiger partial charge in [-0.05, 0) is 47.2 Å². The molecule has 5 rings (SSSR count). The van der Waals surface area contributed by atoms with Gasteiger partial charge in [0, 0.05) is 11.1 Å². The van der Waals surface area contributed by atoms with Gasteiger partial charge in [-0.2, -0.15) is 0 Å². The summed E-state index contributed by atoms with van der Waals surface area (Å²) in [5.74, 6) is 0. The number of nitrogens with zero attached hydrogens (tertiary/aromatic N) is 2. The van der Waals surface area contributed by atoms with Gasteiger partial charge in [0.15, 0.2) is 0 Å². The average molecular weight is 419 g/mol. The summed E-state index contributed by atoms with van der Waals surface area (Å²) in [4.78, 5) is 0. The highest BCUT2D eigenvalue weighted by atomic mass is 32.1. The zero-order chi connectivity index (χ0) is 21.2. The van der Waals surface area contributed by atoms with E-state index in [2.05, 4.69) is 109 Å². The van der Waals surface area contributed by atoms with Gasteiger partial charge in [0.2, 0.25) is 0 Å². The van der Waals surface area contributed by atoms with E-state index in [1.807, 2.05) is 12.1 Å². The third kappa shape index (κ3) is 3.92. The maximum absolute atomic E-state index is 4.52. The van der Waals surface area contributed by atoms with Crippen LogP contribution in [0.15, 0.2) is 97.1 Å². The van der Waals surface area contributed by atoms with E-state index in [9.17, 15) is 0 Å². The fourth-order valence-corrected chi connectivity index (χ4v) is 4.89. The van der Waals surface area contributed by atoms with Crippen LogP contribution in [-0.2, 0) is 0 Å². The summed E-state index contributed by atoms with van der Waals surface area (Å²) in [5, 5.41) is 10.9. The van der Waals surface area contributed by atoms with Crippen LogP contribution in [0.3, 0.4) is 0 Å². The number of aromatic nitrogens is 2. The molecule has 0 unspecified atom stereocenters. The van der Waals surface area contributed by atoms with Gasteiger partial charge >= 0.3 is 0 Å². The first kappa shape index (κ1) is 19.4. The molecule has 0 aliphatic rings. The van der Waals surface area contributed by atoms with Gasteiger partial charge < -0.3 is 0 Å². The van der Waals surface area contributed by atoms with E-state index in [0.29, 0.717) is 0 Å². The van der Waals surface area contributed by atoms with Crippen LogP contribution in [0.4, 0.5) is 0 Å². The van der Waals surface area contributed by atoms with Crippen LogP contribution in [0.2, 0.25) is 0 Å². The second kappa shape index (κ2) is 8.29.